The second kappa shape index (κ2) is 7.43. The van der Waals surface area contributed by atoms with E-state index in [9.17, 15) is 0 Å². The van der Waals surface area contributed by atoms with Gasteiger partial charge in [-0.1, -0.05) is 37.3 Å². The molecule has 0 aromatic heterocycles. The Bertz CT molecular complexity index is 246. The van der Waals surface area contributed by atoms with E-state index in [0.29, 0.717) is 0 Å². The lowest BCUT2D eigenvalue weighted by atomic mass is 10.2. The molecule has 2 heteroatoms. The molecule has 0 aliphatic rings. The summed E-state index contributed by atoms with van der Waals surface area (Å²) < 4.78 is 0. The number of hydrogen-bond acceptors (Lipinski definition) is 2. The third-order valence-corrected chi connectivity index (χ3v) is 2.47. The van der Waals surface area contributed by atoms with E-state index < -0.39 is 0 Å². The summed E-state index contributed by atoms with van der Waals surface area (Å²) in [5.74, 6) is 0. The largest absolute Gasteiger partial charge is 0.330 e. The third kappa shape index (κ3) is 4.96. The van der Waals surface area contributed by atoms with Gasteiger partial charge in [-0.3, -0.25) is 4.90 Å². The van der Waals surface area contributed by atoms with Crippen LogP contribution in [0.4, 0.5) is 0 Å². The van der Waals surface area contributed by atoms with E-state index in [1.54, 1.807) is 0 Å². The molecule has 0 spiro atoms. The van der Waals surface area contributed by atoms with Crippen LogP contribution in [0.1, 0.15) is 25.3 Å². The van der Waals surface area contributed by atoms with E-state index in [0.717, 1.165) is 32.6 Å². The maximum absolute atomic E-state index is 5.54. The zero-order valence-corrected chi connectivity index (χ0v) is 9.65. The number of nitrogens with zero attached hydrogens (tertiary/aromatic N) is 1. The molecule has 2 N–H and O–H groups in total. The molecule has 0 bridgehead atoms. The van der Waals surface area contributed by atoms with Crippen molar-refractivity contribution in [2.24, 2.45) is 5.73 Å². The third-order valence-electron chi connectivity index (χ3n) is 2.47. The van der Waals surface area contributed by atoms with Crippen molar-refractivity contribution in [2.45, 2.75) is 26.3 Å². The molecule has 0 saturated carbocycles. The molecule has 1 aromatic carbocycles. The van der Waals surface area contributed by atoms with Crippen LogP contribution in [0.2, 0.25) is 0 Å². The molecule has 0 saturated heterocycles. The van der Waals surface area contributed by atoms with E-state index in [4.69, 9.17) is 5.73 Å². The van der Waals surface area contributed by atoms with Gasteiger partial charge in [-0.25, -0.2) is 0 Å². The Labute approximate surface area is 93.1 Å². The fraction of sp³-hybridized carbons (Fsp3) is 0.538. The van der Waals surface area contributed by atoms with Gasteiger partial charge >= 0.3 is 0 Å². The minimum Gasteiger partial charge on any atom is -0.330 e. The molecule has 0 aliphatic carbocycles. The van der Waals surface area contributed by atoms with Crippen LogP contribution < -0.4 is 5.73 Å². The molecule has 0 aliphatic heterocycles. The molecule has 0 atom stereocenters. The van der Waals surface area contributed by atoms with Gasteiger partial charge in [0.25, 0.3) is 0 Å². The molecule has 1 rings (SSSR count). The second-order valence-electron chi connectivity index (χ2n) is 3.90. The lowest BCUT2D eigenvalue weighted by molar-refractivity contribution is 0.264. The highest BCUT2D eigenvalue weighted by atomic mass is 15.1. The van der Waals surface area contributed by atoms with Crippen LogP contribution in [0, 0.1) is 0 Å². The van der Waals surface area contributed by atoms with Crippen molar-refractivity contribution < 1.29 is 0 Å². The summed E-state index contributed by atoms with van der Waals surface area (Å²) in [5.41, 5.74) is 6.93. The normalized spacial score (nSPS) is 10.9. The van der Waals surface area contributed by atoms with Gasteiger partial charge < -0.3 is 5.73 Å². The first kappa shape index (κ1) is 12.2. The Kier molecular flexibility index (Phi) is 6.05. The van der Waals surface area contributed by atoms with Crippen molar-refractivity contribution in [1.29, 1.82) is 0 Å². The highest BCUT2D eigenvalue weighted by molar-refractivity contribution is 5.14. The molecule has 1 aromatic rings. The van der Waals surface area contributed by atoms with E-state index in [1.165, 1.54) is 12.0 Å². The number of rotatable bonds is 7. The standard InChI is InChI=1S/C13H22N2/c1-2-10-15(11-6-9-14)12-13-7-4-3-5-8-13/h3-5,7-8H,2,6,9-12,14H2,1H3. The molecular weight excluding hydrogens is 184 g/mol. The Balaban J connectivity index is 2.43. The quantitative estimate of drug-likeness (QED) is 0.741. The van der Waals surface area contributed by atoms with Gasteiger partial charge in [0, 0.05) is 6.54 Å². The molecular formula is C13H22N2. The first-order valence-electron chi connectivity index (χ1n) is 5.83. The van der Waals surface area contributed by atoms with Crippen LogP contribution in [-0.4, -0.2) is 24.5 Å². The van der Waals surface area contributed by atoms with Crippen LogP contribution in [-0.2, 0) is 6.54 Å². The van der Waals surface area contributed by atoms with Crippen LogP contribution in [0.15, 0.2) is 30.3 Å². The van der Waals surface area contributed by atoms with E-state index in [-0.39, 0.29) is 0 Å². The fourth-order valence-electron chi connectivity index (χ4n) is 1.74. The molecule has 0 fully saturated rings. The second-order valence-corrected chi connectivity index (χ2v) is 3.90. The first-order valence-corrected chi connectivity index (χ1v) is 5.83. The predicted molar refractivity (Wildman–Crippen MR) is 65.7 cm³/mol. The summed E-state index contributed by atoms with van der Waals surface area (Å²) in [5, 5.41) is 0. The lowest BCUT2D eigenvalue weighted by Gasteiger charge is -2.21. The van der Waals surface area contributed by atoms with Crippen LogP contribution in [0.5, 0.6) is 0 Å². The first-order chi connectivity index (χ1) is 7.36. The molecule has 0 unspecified atom stereocenters. The topological polar surface area (TPSA) is 29.3 Å². The Morgan fingerprint density at radius 3 is 2.47 bits per heavy atom. The Hall–Kier alpha value is -0.860. The monoisotopic (exact) mass is 206 g/mol. The molecule has 0 heterocycles. The van der Waals surface area contributed by atoms with Crippen molar-refractivity contribution in [3.8, 4) is 0 Å². The van der Waals surface area contributed by atoms with Gasteiger partial charge in [0.15, 0.2) is 0 Å². The minimum absolute atomic E-state index is 0.787. The maximum atomic E-state index is 5.54. The number of benzene rings is 1. The van der Waals surface area contributed by atoms with Crippen molar-refractivity contribution in [3.05, 3.63) is 35.9 Å². The summed E-state index contributed by atoms with van der Waals surface area (Å²) in [6.07, 6.45) is 2.30. The summed E-state index contributed by atoms with van der Waals surface area (Å²) >= 11 is 0. The molecule has 15 heavy (non-hydrogen) atoms. The average Bonchev–Trinajstić information content (AvgIpc) is 2.28. The van der Waals surface area contributed by atoms with Gasteiger partial charge in [0.2, 0.25) is 0 Å². The summed E-state index contributed by atoms with van der Waals surface area (Å²) in [6, 6.07) is 10.6. The Morgan fingerprint density at radius 2 is 1.87 bits per heavy atom. The fourth-order valence-corrected chi connectivity index (χ4v) is 1.74. The zero-order valence-electron chi connectivity index (χ0n) is 9.65. The zero-order chi connectivity index (χ0) is 10.9. The summed E-state index contributed by atoms with van der Waals surface area (Å²) in [7, 11) is 0. The van der Waals surface area contributed by atoms with Gasteiger partial charge in [-0.2, -0.15) is 0 Å². The molecule has 0 radical (unpaired) electrons. The number of hydrogen-bond donors (Lipinski definition) is 1. The van der Waals surface area contributed by atoms with Crippen LogP contribution in [0.25, 0.3) is 0 Å². The molecule has 84 valence electrons. The summed E-state index contributed by atoms with van der Waals surface area (Å²) in [4.78, 5) is 2.47. The van der Waals surface area contributed by atoms with Gasteiger partial charge in [-0.05, 0) is 38.0 Å². The van der Waals surface area contributed by atoms with Crippen molar-refractivity contribution >= 4 is 0 Å². The van der Waals surface area contributed by atoms with Gasteiger partial charge in [0.1, 0.15) is 0 Å². The van der Waals surface area contributed by atoms with Crippen LogP contribution in [0.3, 0.4) is 0 Å². The highest BCUT2D eigenvalue weighted by Gasteiger charge is 2.03. The van der Waals surface area contributed by atoms with E-state index >= 15 is 0 Å². The molecule has 0 amide bonds. The summed E-state index contributed by atoms with van der Waals surface area (Å²) in [6.45, 7) is 6.33. The predicted octanol–water partition coefficient (Wildman–Crippen LogP) is 2.25. The SMILES string of the molecule is CCCN(CCCN)Cc1ccccc1. The smallest absolute Gasteiger partial charge is 0.0233 e. The average molecular weight is 206 g/mol. The molecule has 2 nitrogen and oxygen atoms in total. The minimum atomic E-state index is 0.787. The Morgan fingerprint density at radius 1 is 1.13 bits per heavy atom. The van der Waals surface area contributed by atoms with Gasteiger partial charge in [0.05, 0.1) is 0 Å². The number of nitrogens with two attached hydrogens (primary N) is 1. The van der Waals surface area contributed by atoms with Crippen molar-refractivity contribution in [3.63, 3.8) is 0 Å². The van der Waals surface area contributed by atoms with E-state index in [1.807, 2.05) is 0 Å². The van der Waals surface area contributed by atoms with E-state index in [2.05, 4.69) is 42.2 Å². The lowest BCUT2D eigenvalue weighted by Crippen LogP contribution is -2.26. The van der Waals surface area contributed by atoms with Crippen molar-refractivity contribution in [2.75, 3.05) is 19.6 Å². The van der Waals surface area contributed by atoms with Gasteiger partial charge in [-0.15, -0.1) is 0 Å². The van der Waals surface area contributed by atoms with Crippen LogP contribution >= 0.6 is 0 Å². The van der Waals surface area contributed by atoms with Crippen molar-refractivity contribution in [1.82, 2.24) is 4.90 Å². The maximum Gasteiger partial charge on any atom is 0.0233 e. The highest BCUT2D eigenvalue weighted by Crippen LogP contribution is 2.05.